The number of hydrogen-bond donors (Lipinski definition) is 1. The SMILES string of the molecule is NC(Cc1ccco1)c1csc(I)c1. The lowest BCUT2D eigenvalue weighted by atomic mass is 10.1. The molecule has 0 fully saturated rings. The summed E-state index contributed by atoms with van der Waals surface area (Å²) in [4.78, 5) is 0. The van der Waals surface area contributed by atoms with E-state index in [1.165, 1.54) is 8.45 Å². The van der Waals surface area contributed by atoms with Crippen LogP contribution >= 0.6 is 33.9 Å². The van der Waals surface area contributed by atoms with Gasteiger partial charge in [-0.15, -0.1) is 11.3 Å². The van der Waals surface area contributed by atoms with E-state index in [0.717, 1.165) is 12.2 Å². The molecule has 2 nitrogen and oxygen atoms in total. The summed E-state index contributed by atoms with van der Waals surface area (Å²) >= 11 is 4.02. The van der Waals surface area contributed by atoms with Crippen molar-refractivity contribution in [1.82, 2.24) is 0 Å². The third-order valence-electron chi connectivity index (χ3n) is 2.02. The maximum absolute atomic E-state index is 6.04. The highest BCUT2D eigenvalue weighted by Crippen LogP contribution is 2.23. The van der Waals surface area contributed by atoms with Gasteiger partial charge in [-0.3, -0.25) is 0 Å². The second-order valence-electron chi connectivity index (χ2n) is 3.07. The fourth-order valence-electron chi connectivity index (χ4n) is 1.28. The fraction of sp³-hybridized carbons (Fsp3) is 0.200. The summed E-state index contributed by atoms with van der Waals surface area (Å²) in [5.74, 6) is 0.943. The molecule has 2 aromatic heterocycles. The van der Waals surface area contributed by atoms with Gasteiger partial charge in [0.05, 0.1) is 9.15 Å². The van der Waals surface area contributed by atoms with Crippen LogP contribution < -0.4 is 5.73 Å². The van der Waals surface area contributed by atoms with Crippen LogP contribution in [0.2, 0.25) is 0 Å². The molecule has 0 aliphatic rings. The molecule has 0 aromatic carbocycles. The quantitative estimate of drug-likeness (QED) is 0.883. The van der Waals surface area contributed by atoms with Crippen molar-refractivity contribution in [3.63, 3.8) is 0 Å². The van der Waals surface area contributed by atoms with Crippen LogP contribution in [-0.4, -0.2) is 0 Å². The minimum atomic E-state index is 0.0425. The molecule has 1 atom stereocenters. The molecule has 0 saturated heterocycles. The van der Waals surface area contributed by atoms with E-state index in [2.05, 4.69) is 34.0 Å². The molecule has 14 heavy (non-hydrogen) atoms. The van der Waals surface area contributed by atoms with Crippen LogP contribution in [0.5, 0.6) is 0 Å². The van der Waals surface area contributed by atoms with Crippen molar-refractivity contribution < 1.29 is 4.42 Å². The zero-order valence-corrected chi connectivity index (χ0v) is 10.4. The van der Waals surface area contributed by atoms with Crippen molar-refractivity contribution in [2.75, 3.05) is 0 Å². The second kappa shape index (κ2) is 4.46. The van der Waals surface area contributed by atoms with Crippen molar-refractivity contribution >= 4 is 33.9 Å². The summed E-state index contributed by atoms with van der Waals surface area (Å²) in [7, 11) is 0. The maximum atomic E-state index is 6.04. The normalized spacial score (nSPS) is 13.0. The van der Waals surface area contributed by atoms with Crippen LogP contribution in [0, 0.1) is 2.88 Å². The van der Waals surface area contributed by atoms with Crippen LogP contribution in [-0.2, 0) is 6.42 Å². The number of halogens is 1. The number of furan rings is 1. The Kier molecular flexibility index (Phi) is 3.25. The van der Waals surface area contributed by atoms with Gasteiger partial charge in [0.1, 0.15) is 5.76 Å². The molecule has 74 valence electrons. The summed E-state index contributed by atoms with van der Waals surface area (Å²) in [5.41, 5.74) is 7.23. The van der Waals surface area contributed by atoms with Crippen molar-refractivity contribution in [2.24, 2.45) is 5.73 Å². The van der Waals surface area contributed by atoms with Gasteiger partial charge in [-0.1, -0.05) is 0 Å². The van der Waals surface area contributed by atoms with Crippen molar-refractivity contribution in [1.29, 1.82) is 0 Å². The van der Waals surface area contributed by atoms with E-state index in [-0.39, 0.29) is 6.04 Å². The molecule has 2 N–H and O–H groups in total. The highest BCUT2D eigenvalue weighted by Gasteiger charge is 2.10. The number of rotatable bonds is 3. The van der Waals surface area contributed by atoms with E-state index in [1.54, 1.807) is 17.6 Å². The van der Waals surface area contributed by atoms with Crippen molar-refractivity contribution in [3.8, 4) is 0 Å². The molecule has 0 bridgehead atoms. The minimum absolute atomic E-state index is 0.0425. The monoisotopic (exact) mass is 319 g/mol. The van der Waals surface area contributed by atoms with Gasteiger partial charge in [0, 0.05) is 12.5 Å². The van der Waals surface area contributed by atoms with E-state index in [9.17, 15) is 0 Å². The molecule has 2 rings (SSSR count). The molecule has 4 heteroatoms. The smallest absolute Gasteiger partial charge is 0.105 e. The molecule has 2 aromatic rings. The topological polar surface area (TPSA) is 39.2 Å². The second-order valence-corrected chi connectivity index (χ2v) is 5.88. The molecule has 2 heterocycles. The van der Waals surface area contributed by atoms with E-state index in [1.807, 2.05) is 12.1 Å². The Morgan fingerprint density at radius 2 is 2.43 bits per heavy atom. The molecular formula is C10H10INOS. The van der Waals surface area contributed by atoms with Crippen LogP contribution in [0.25, 0.3) is 0 Å². The Bertz CT molecular complexity index is 396. The lowest BCUT2D eigenvalue weighted by Crippen LogP contribution is -2.11. The van der Waals surface area contributed by atoms with Gasteiger partial charge in [-0.2, -0.15) is 0 Å². The largest absolute Gasteiger partial charge is 0.469 e. The highest BCUT2D eigenvalue weighted by atomic mass is 127. The van der Waals surface area contributed by atoms with E-state index in [4.69, 9.17) is 10.2 Å². The van der Waals surface area contributed by atoms with Crippen LogP contribution in [0.1, 0.15) is 17.4 Å². The van der Waals surface area contributed by atoms with Crippen LogP contribution in [0.4, 0.5) is 0 Å². The average Bonchev–Trinajstić information content (AvgIpc) is 2.75. The standard InChI is InChI=1S/C10H10INOS/c11-10-4-7(6-14-10)9(12)5-8-2-1-3-13-8/h1-4,6,9H,5,12H2. The third-order valence-corrected chi connectivity index (χ3v) is 3.82. The predicted molar refractivity (Wildman–Crippen MR) is 66.4 cm³/mol. The number of hydrogen-bond acceptors (Lipinski definition) is 3. The Labute approximate surface area is 100 Å². The lowest BCUT2D eigenvalue weighted by Gasteiger charge is -2.06. The summed E-state index contributed by atoms with van der Waals surface area (Å²) in [6.07, 6.45) is 2.44. The first-order chi connectivity index (χ1) is 6.75. The van der Waals surface area contributed by atoms with Gasteiger partial charge in [-0.05, 0) is 51.7 Å². The molecule has 0 amide bonds. The van der Waals surface area contributed by atoms with Crippen LogP contribution in [0.3, 0.4) is 0 Å². The lowest BCUT2D eigenvalue weighted by molar-refractivity contribution is 0.489. The molecule has 0 spiro atoms. The molecule has 1 unspecified atom stereocenters. The zero-order chi connectivity index (χ0) is 9.97. The van der Waals surface area contributed by atoms with E-state index < -0.39 is 0 Å². The fourth-order valence-corrected chi connectivity index (χ4v) is 2.72. The third kappa shape index (κ3) is 2.37. The van der Waals surface area contributed by atoms with Gasteiger partial charge in [0.25, 0.3) is 0 Å². The predicted octanol–water partition coefficient (Wildman–Crippen LogP) is 3.19. The van der Waals surface area contributed by atoms with Gasteiger partial charge in [-0.25, -0.2) is 0 Å². The first kappa shape index (κ1) is 10.2. The van der Waals surface area contributed by atoms with E-state index in [0.29, 0.717) is 0 Å². The van der Waals surface area contributed by atoms with Crippen molar-refractivity contribution in [2.45, 2.75) is 12.5 Å². The Hall–Kier alpha value is -0.330. The summed E-state index contributed by atoms with van der Waals surface area (Å²) in [6, 6.07) is 6.01. The number of nitrogens with two attached hydrogens (primary N) is 1. The maximum Gasteiger partial charge on any atom is 0.105 e. The summed E-state index contributed by atoms with van der Waals surface area (Å²) in [5, 5.41) is 2.11. The molecular weight excluding hydrogens is 309 g/mol. The zero-order valence-electron chi connectivity index (χ0n) is 7.44. The van der Waals surface area contributed by atoms with Gasteiger partial charge < -0.3 is 10.2 Å². The first-order valence-electron chi connectivity index (χ1n) is 4.27. The highest BCUT2D eigenvalue weighted by molar-refractivity contribution is 14.1. The van der Waals surface area contributed by atoms with Gasteiger partial charge in [0.2, 0.25) is 0 Å². The number of thiophene rings is 1. The Morgan fingerprint density at radius 1 is 1.57 bits per heavy atom. The minimum Gasteiger partial charge on any atom is -0.469 e. The Balaban J connectivity index is 2.06. The molecule has 0 aliphatic carbocycles. The van der Waals surface area contributed by atoms with E-state index >= 15 is 0 Å². The summed E-state index contributed by atoms with van der Waals surface area (Å²) in [6.45, 7) is 0. The molecule has 0 radical (unpaired) electrons. The summed E-state index contributed by atoms with van der Waals surface area (Å²) < 4.78 is 6.52. The van der Waals surface area contributed by atoms with Gasteiger partial charge >= 0.3 is 0 Å². The average molecular weight is 319 g/mol. The van der Waals surface area contributed by atoms with Crippen molar-refractivity contribution in [3.05, 3.63) is 44.0 Å². The van der Waals surface area contributed by atoms with Crippen LogP contribution in [0.15, 0.2) is 34.3 Å². The molecule has 0 saturated carbocycles. The Morgan fingerprint density at radius 3 is 3.00 bits per heavy atom. The first-order valence-corrected chi connectivity index (χ1v) is 6.23. The molecule has 0 aliphatic heterocycles. The van der Waals surface area contributed by atoms with Gasteiger partial charge in [0.15, 0.2) is 0 Å².